The third-order valence-corrected chi connectivity index (χ3v) is 5.37. The maximum atomic E-state index is 12.3. The molecule has 1 fully saturated rings. The summed E-state index contributed by atoms with van der Waals surface area (Å²) >= 11 is 0. The van der Waals surface area contributed by atoms with Crippen molar-refractivity contribution in [2.75, 3.05) is 25.9 Å². The molecule has 1 heterocycles. The Kier molecular flexibility index (Phi) is 6.87. The molecule has 0 aromatic heterocycles. The van der Waals surface area contributed by atoms with Crippen molar-refractivity contribution >= 4 is 17.3 Å². The van der Waals surface area contributed by atoms with Crippen molar-refractivity contribution in [1.29, 1.82) is 0 Å². The number of nitrogen functional groups attached to an aromatic ring is 1. The molecule has 1 amide bonds. The van der Waals surface area contributed by atoms with Gasteiger partial charge >= 0.3 is 6.18 Å². The van der Waals surface area contributed by atoms with Crippen molar-refractivity contribution in [3.63, 3.8) is 0 Å². The lowest BCUT2D eigenvalue weighted by atomic mass is 9.80. The van der Waals surface area contributed by atoms with Crippen LogP contribution in [0.1, 0.15) is 40.2 Å². The van der Waals surface area contributed by atoms with Gasteiger partial charge in [-0.1, -0.05) is 24.3 Å². The average molecular weight is 452 g/mol. The predicted molar refractivity (Wildman–Crippen MR) is 112 cm³/mol. The van der Waals surface area contributed by atoms with Crippen molar-refractivity contribution in [2.24, 2.45) is 0 Å². The minimum absolute atomic E-state index is 0.0322. The van der Waals surface area contributed by atoms with Gasteiger partial charge in [0.05, 0.1) is 17.6 Å². The normalized spacial score (nSPS) is 15.8. The van der Waals surface area contributed by atoms with Gasteiger partial charge < -0.3 is 21.1 Å². The number of methoxy groups -OCH3 is 1. The van der Waals surface area contributed by atoms with Gasteiger partial charge in [-0.15, -0.1) is 0 Å². The molecule has 1 aliphatic heterocycles. The lowest BCUT2D eigenvalue weighted by Crippen LogP contribution is -2.42. The number of benzene rings is 2. The highest BCUT2D eigenvalue weighted by Gasteiger charge is 2.46. The van der Waals surface area contributed by atoms with E-state index in [1.54, 1.807) is 12.1 Å². The molecule has 0 unspecified atom stereocenters. The fourth-order valence-electron chi connectivity index (χ4n) is 3.71. The van der Waals surface area contributed by atoms with Crippen LogP contribution in [-0.2, 0) is 0 Å². The van der Waals surface area contributed by atoms with Crippen LogP contribution in [0.2, 0.25) is 0 Å². The van der Waals surface area contributed by atoms with E-state index >= 15 is 0 Å². The van der Waals surface area contributed by atoms with Gasteiger partial charge in [0.1, 0.15) is 17.4 Å². The molecule has 3 aliphatic rings. The monoisotopic (exact) mass is 452 g/mol. The SMILES string of the molecule is COc1cc(N)c([N+](=O)[O-])cc1C(=O)NC1CCNCC1.FC(F)(F)C1c2cccc1c2. The summed E-state index contributed by atoms with van der Waals surface area (Å²) < 4.78 is 41.4. The van der Waals surface area contributed by atoms with E-state index in [9.17, 15) is 28.1 Å². The molecule has 2 aromatic carbocycles. The number of nitrogens with zero attached hydrogens (tertiary/aromatic N) is 1. The number of alkyl halides is 3. The summed E-state index contributed by atoms with van der Waals surface area (Å²) in [7, 11) is 1.39. The number of halogens is 3. The molecule has 2 aliphatic carbocycles. The van der Waals surface area contributed by atoms with Crippen molar-refractivity contribution in [1.82, 2.24) is 10.6 Å². The van der Waals surface area contributed by atoms with E-state index in [4.69, 9.17) is 10.5 Å². The maximum absolute atomic E-state index is 12.3. The molecule has 4 N–H and O–H groups in total. The number of piperidine rings is 1. The van der Waals surface area contributed by atoms with E-state index in [1.807, 2.05) is 0 Å². The highest BCUT2D eigenvalue weighted by Crippen LogP contribution is 2.46. The zero-order valence-electron chi connectivity index (χ0n) is 17.2. The largest absolute Gasteiger partial charge is 0.496 e. The molecule has 0 spiro atoms. The number of nitrogens with two attached hydrogens (primary N) is 1. The number of carbonyl (C=O) groups excluding carboxylic acids is 1. The van der Waals surface area contributed by atoms with Gasteiger partial charge in [0.2, 0.25) is 0 Å². The Morgan fingerprint density at radius 2 is 1.84 bits per heavy atom. The first-order chi connectivity index (χ1) is 15.1. The summed E-state index contributed by atoms with van der Waals surface area (Å²) in [5, 5.41) is 17.0. The number of rotatable bonds is 4. The lowest BCUT2D eigenvalue weighted by molar-refractivity contribution is -0.383. The van der Waals surface area contributed by atoms with Crippen LogP contribution in [0.4, 0.5) is 24.5 Å². The lowest BCUT2D eigenvalue weighted by Gasteiger charge is -2.28. The summed E-state index contributed by atoms with van der Waals surface area (Å²) in [4.78, 5) is 22.6. The zero-order chi connectivity index (χ0) is 23.5. The van der Waals surface area contributed by atoms with Crippen molar-refractivity contribution < 1.29 is 27.6 Å². The van der Waals surface area contributed by atoms with Gasteiger partial charge in [0.15, 0.2) is 0 Å². The van der Waals surface area contributed by atoms with Crippen LogP contribution in [-0.4, -0.2) is 43.2 Å². The second-order valence-electron chi connectivity index (χ2n) is 7.51. The van der Waals surface area contributed by atoms with Gasteiger partial charge in [0, 0.05) is 18.2 Å². The zero-order valence-corrected chi connectivity index (χ0v) is 17.2. The van der Waals surface area contributed by atoms with Crippen LogP contribution in [0.5, 0.6) is 5.75 Å². The molecule has 5 rings (SSSR count). The first kappa shape index (κ1) is 23.3. The minimum atomic E-state index is -4.10. The van der Waals surface area contributed by atoms with Crippen LogP contribution < -0.4 is 21.1 Å². The third-order valence-electron chi connectivity index (χ3n) is 5.37. The number of ether oxygens (including phenoxy) is 1. The maximum Gasteiger partial charge on any atom is 0.399 e. The molecular formula is C21H23F3N4O4. The number of nitro benzene ring substituents is 1. The van der Waals surface area contributed by atoms with Crippen LogP contribution >= 0.6 is 0 Å². The number of anilines is 1. The van der Waals surface area contributed by atoms with E-state index in [0.717, 1.165) is 32.0 Å². The fraction of sp³-hybridized carbons (Fsp3) is 0.381. The fourth-order valence-corrected chi connectivity index (χ4v) is 3.71. The second kappa shape index (κ2) is 9.43. The third kappa shape index (κ3) is 5.10. The molecule has 2 bridgehead atoms. The quantitative estimate of drug-likeness (QED) is 0.372. The summed E-state index contributed by atoms with van der Waals surface area (Å²) in [5.74, 6) is -1.46. The second-order valence-corrected chi connectivity index (χ2v) is 7.51. The Hall–Kier alpha value is -3.34. The molecule has 172 valence electrons. The summed E-state index contributed by atoms with van der Waals surface area (Å²) in [5.41, 5.74) is 6.15. The van der Waals surface area contributed by atoms with Crippen molar-refractivity contribution in [2.45, 2.75) is 31.0 Å². The Bertz CT molecular complexity index is 980. The van der Waals surface area contributed by atoms with Crippen molar-refractivity contribution in [3.8, 4) is 5.75 Å². The molecule has 32 heavy (non-hydrogen) atoms. The number of amides is 1. The van der Waals surface area contributed by atoms with E-state index in [2.05, 4.69) is 10.6 Å². The Balaban J connectivity index is 0.000000219. The number of fused-ring (bicyclic) bond motifs is 2. The van der Waals surface area contributed by atoms with E-state index < -0.39 is 17.0 Å². The Labute approximate surface area is 182 Å². The molecule has 0 saturated carbocycles. The highest BCUT2D eigenvalue weighted by molar-refractivity contribution is 5.98. The van der Waals surface area contributed by atoms with Crippen LogP contribution in [0, 0.1) is 10.1 Å². The predicted octanol–water partition coefficient (Wildman–Crippen LogP) is 3.36. The first-order valence-electron chi connectivity index (χ1n) is 9.92. The van der Waals surface area contributed by atoms with Gasteiger partial charge in [-0.25, -0.2) is 0 Å². The van der Waals surface area contributed by atoms with Crippen molar-refractivity contribution in [3.05, 3.63) is 63.2 Å². The van der Waals surface area contributed by atoms with Gasteiger partial charge in [-0.05, 0) is 37.1 Å². The first-order valence-corrected chi connectivity index (χ1v) is 9.92. The number of hydrogen-bond acceptors (Lipinski definition) is 6. The molecule has 1 saturated heterocycles. The van der Waals surface area contributed by atoms with Crippen LogP contribution in [0.3, 0.4) is 0 Å². The van der Waals surface area contributed by atoms with Crippen LogP contribution in [0.15, 0.2) is 36.4 Å². The number of nitrogens with one attached hydrogen (secondary N) is 2. The molecule has 2 aromatic rings. The highest BCUT2D eigenvalue weighted by atomic mass is 19.4. The van der Waals surface area contributed by atoms with E-state index in [1.165, 1.54) is 25.3 Å². The summed E-state index contributed by atoms with van der Waals surface area (Å²) in [6.07, 6.45) is -2.45. The number of hydrogen-bond donors (Lipinski definition) is 3. The Morgan fingerprint density at radius 3 is 2.31 bits per heavy atom. The topological polar surface area (TPSA) is 120 Å². The molecular weight excluding hydrogens is 429 g/mol. The van der Waals surface area contributed by atoms with E-state index in [-0.39, 0.29) is 34.6 Å². The van der Waals surface area contributed by atoms with Crippen LogP contribution in [0.25, 0.3) is 0 Å². The molecule has 11 heteroatoms. The molecule has 0 radical (unpaired) electrons. The van der Waals surface area contributed by atoms with E-state index in [0.29, 0.717) is 11.1 Å². The molecule has 8 nitrogen and oxygen atoms in total. The minimum Gasteiger partial charge on any atom is -0.496 e. The number of nitro groups is 1. The summed E-state index contributed by atoms with van der Waals surface area (Å²) in [6.45, 7) is 1.67. The smallest absolute Gasteiger partial charge is 0.399 e. The standard InChI is InChI=1S/C13H18N4O4.C8H5F3/c1-21-12-7-10(14)11(17(19)20)6-9(12)13(18)16-8-2-4-15-5-3-8;9-8(10,11)7-5-2-1-3-6(7)4-5/h6-8,15H,2-5,14H2,1H3,(H,16,18);1-4,7H. The number of carbonyl (C=O) groups is 1. The molecule has 0 atom stereocenters. The van der Waals surface area contributed by atoms with Gasteiger partial charge in [-0.2, -0.15) is 13.2 Å². The van der Waals surface area contributed by atoms with Gasteiger partial charge in [0.25, 0.3) is 11.6 Å². The Morgan fingerprint density at radius 1 is 1.22 bits per heavy atom. The summed E-state index contributed by atoms with van der Waals surface area (Å²) in [6, 6.07) is 8.74. The average Bonchev–Trinajstić information content (AvgIpc) is 2.73. The van der Waals surface area contributed by atoms with Gasteiger partial charge in [-0.3, -0.25) is 14.9 Å².